The summed E-state index contributed by atoms with van der Waals surface area (Å²) in [7, 11) is 0. The number of aliphatic carboxylic acids is 1. The summed E-state index contributed by atoms with van der Waals surface area (Å²) >= 11 is 0. The number of ether oxygens (including phenoxy) is 2. The van der Waals surface area contributed by atoms with Crippen molar-refractivity contribution in [2.75, 3.05) is 32.8 Å². The average Bonchev–Trinajstić information content (AvgIpc) is 3.29. The Morgan fingerprint density at radius 1 is 1.14 bits per heavy atom. The van der Waals surface area contributed by atoms with Crippen LogP contribution in [0.2, 0.25) is 0 Å². The van der Waals surface area contributed by atoms with E-state index in [-0.39, 0.29) is 30.3 Å². The molecule has 2 aromatic rings. The van der Waals surface area contributed by atoms with Gasteiger partial charge >= 0.3 is 11.9 Å². The standard InChI is InChI=1S/C25H33N5O7/c1-25(2,3)37-22(33)10-9-18(24(35)29-13-11-26-12-14-29)27-23(34)19-15-20(36-16-21(31)32)30(28-19)17-7-5-4-6-8-17/h4-8,15,18,26H,9-14,16H2,1-3H3,(H,27,34)(H,31,32)/t18-/m0/s1. The fourth-order valence-corrected chi connectivity index (χ4v) is 3.72. The predicted octanol–water partition coefficient (Wildman–Crippen LogP) is 0.988. The number of rotatable bonds is 10. The lowest BCUT2D eigenvalue weighted by molar-refractivity contribution is -0.155. The summed E-state index contributed by atoms with van der Waals surface area (Å²) in [5, 5.41) is 19.2. The molecule has 12 nitrogen and oxygen atoms in total. The minimum Gasteiger partial charge on any atom is -0.479 e. The number of nitrogens with zero attached hydrogens (tertiary/aromatic N) is 3. The van der Waals surface area contributed by atoms with Gasteiger partial charge in [-0.3, -0.25) is 14.4 Å². The number of carboxylic acids is 1. The Bertz CT molecular complexity index is 1100. The van der Waals surface area contributed by atoms with Crippen molar-refractivity contribution in [1.29, 1.82) is 0 Å². The molecule has 0 radical (unpaired) electrons. The molecule has 2 amide bonds. The van der Waals surface area contributed by atoms with Gasteiger partial charge in [0, 0.05) is 38.7 Å². The molecule has 0 saturated carbocycles. The molecule has 3 N–H and O–H groups in total. The number of carbonyl (C=O) groups excluding carboxylic acids is 3. The molecule has 2 heterocycles. The van der Waals surface area contributed by atoms with Crippen molar-refractivity contribution in [2.45, 2.75) is 45.3 Å². The van der Waals surface area contributed by atoms with Gasteiger partial charge in [0.05, 0.1) is 5.69 Å². The summed E-state index contributed by atoms with van der Waals surface area (Å²) in [5.74, 6) is -2.57. The zero-order valence-electron chi connectivity index (χ0n) is 21.2. The predicted molar refractivity (Wildman–Crippen MR) is 132 cm³/mol. The number of nitrogens with one attached hydrogen (secondary N) is 2. The van der Waals surface area contributed by atoms with E-state index in [0.717, 1.165) is 0 Å². The molecular formula is C25H33N5O7. The highest BCUT2D eigenvalue weighted by molar-refractivity contribution is 5.96. The summed E-state index contributed by atoms with van der Waals surface area (Å²) in [6, 6.07) is 9.09. The number of aromatic nitrogens is 2. The summed E-state index contributed by atoms with van der Waals surface area (Å²) in [5.41, 5.74) is -0.186. The van der Waals surface area contributed by atoms with Crippen molar-refractivity contribution >= 4 is 23.8 Å². The Hall–Kier alpha value is -3.93. The van der Waals surface area contributed by atoms with Crippen LogP contribution in [-0.2, 0) is 19.1 Å². The lowest BCUT2D eigenvalue weighted by Gasteiger charge is -2.31. The summed E-state index contributed by atoms with van der Waals surface area (Å²) in [6.07, 6.45) is -0.0172. The topological polar surface area (TPSA) is 152 Å². The molecule has 0 bridgehead atoms. The van der Waals surface area contributed by atoms with E-state index in [4.69, 9.17) is 14.6 Å². The molecule has 0 unspecified atom stereocenters. The van der Waals surface area contributed by atoms with Gasteiger partial charge in [-0.15, -0.1) is 0 Å². The van der Waals surface area contributed by atoms with Crippen LogP contribution >= 0.6 is 0 Å². The minimum absolute atomic E-state index is 0.0468. The van der Waals surface area contributed by atoms with Crippen LogP contribution in [0, 0.1) is 0 Å². The molecule has 37 heavy (non-hydrogen) atoms. The number of para-hydroxylation sites is 1. The highest BCUT2D eigenvalue weighted by Gasteiger charge is 2.30. The zero-order valence-corrected chi connectivity index (χ0v) is 21.2. The first-order chi connectivity index (χ1) is 17.5. The lowest BCUT2D eigenvalue weighted by Crippen LogP contribution is -2.54. The summed E-state index contributed by atoms with van der Waals surface area (Å²) in [4.78, 5) is 51.4. The Balaban J connectivity index is 1.81. The molecule has 3 rings (SSSR count). The Morgan fingerprint density at radius 3 is 2.43 bits per heavy atom. The molecule has 1 fully saturated rings. The summed E-state index contributed by atoms with van der Waals surface area (Å²) < 4.78 is 12.0. The third-order valence-corrected chi connectivity index (χ3v) is 5.34. The maximum absolute atomic E-state index is 13.2. The van der Waals surface area contributed by atoms with Crippen molar-refractivity contribution in [3.8, 4) is 11.6 Å². The summed E-state index contributed by atoms with van der Waals surface area (Å²) in [6.45, 7) is 6.85. The second-order valence-corrected chi connectivity index (χ2v) is 9.52. The molecular weight excluding hydrogens is 482 g/mol. The molecule has 12 heteroatoms. The quantitative estimate of drug-likeness (QED) is 0.393. The van der Waals surface area contributed by atoms with E-state index in [1.54, 1.807) is 56.0 Å². The van der Waals surface area contributed by atoms with Crippen LogP contribution in [0.15, 0.2) is 36.4 Å². The van der Waals surface area contributed by atoms with Gasteiger partial charge < -0.3 is 30.1 Å². The smallest absolute Gasteiger partial charge is 0.341 e. The number of esters is 1. The Labute approximate surface area is 214 Å². The number of hydrogen-bond donors (Lipinski definition) is 3. The fourth-order valence-electron chi connectivity index (χ4n) is 3.72. The molecule has 1 saturated heterocycles. The van der Waals surface area contributed by atoms with Crippen molar-refractivity contribution in [2.24, 2.45) is 0 Å². The minimum atomic E-state index is -1.18. The van der Waals surface area contributed by atoms with E-state index in [9.17, 15) is 19.2 Å². The molecule has 1 aliphatic heterocycles. The van der Waals surface area contributed by atoms with E-state index in [1.807, 2.05) is 0 Å². The third kappa shape index (κ3) is 8.31. The molecule has 0 aliphatic carbocycles. The first kappa shape index (κ1) is 27.7. The van der Waals surface area contributed by atoms with Crippen LogP contribution in [0.25, 0.3) is 5.69 Å². The Morgan fingerprint density at radius 2 is 1.81 bits per heavy atom. The highest BCUT2D eigenvalue weighted by atomic mass is 16.6. The van der Waals surface area contributed by atoms with Gasteiger partial charge in [-0.1, -0.05) is 18.2 Å². The van der Waals surface area contributed by atoms with Crippen molar-refractivity contribution in [3.63, 3.8) is 0 Å². The number of benzene rings is 1. The molecule has 0 spiro atoms. The van der Waals surface area contributed by atoms with Gasteiger partial charge in [0.25, 0.3) is 5.91 Å². The lowest BCUT2D eigenvalue weighted by atomic mass is 10.1. The number of hydrogen-bond acceptors (Lipinski definition) is 8. The number of carbonyl (C=O) groups is 4. The first-order valence-corrected chi connectivity index (χ1v) is 12.1. The molecule has 1 aliphatic rings. The fraction of sp³-hybridized carbons (Fsp3) is 0.480. The van der Waals surface area contributed by atoms with Crippen molar-refractivity contribution in [1.82, 2.24) is 25.3 Å². The van der Waals surface area contributed by atoms with E-state index in [1.165, 1.54) is 10.7 Å². The SMILES string of the molecule is CC(C)(C)OC(=O)CC[C@H](NC(=O)c1cc(OCC(=O)O)n(-c2ccccc2)n1)C(=O)N1CCNCC1. The first-order valence-electron chi connectivity index (χ1n) is 12.1. The van der Waals surface area contributed by atoms with Gasteiger partial charge in [-0.25, -0.2) is 9.48 Å². The van der Waals surface area contributed by atoms with Gasteiger partial charge in [0.2, 0.25) is 11.8 Å². The monoisotopic (exact) mass is 515 g/mol. The van der Waals surface area contributed by atoms with Crippen LogP contribution in [-0.4, -0.2) is 88.0 Å². The second-order valence-electron chi connectivity index (χ2n) is 9.52. The highest BCUT2D eigenvalue weighted by Crippen LogP contribution is 2.20. The molecule has 1 atom stereocenters. The molecule has 1 aromatic carbocycles. The molecule has 200 valence electrons. The third-order valence-electron chi connectivity index (χ3n) is 5.34. The van der Waals surface area contributed by atoms with Crippen LogP contribution in [0.5, 0.6) is 5.88 Å². The van der Waals surface area contributed by atoms with E-state index < -0.39 is 36.1 Å². The zero-order chi connectivity index (χ0) is 27.0. The van der Waals surface area contributed by atoms with Crippen LogP contribution < -0.4 is 15.4 Å². The number of piperazine rings is 1. The van der Waals surface area contributed by atoms with Gasteiger partial charge in [-0.2, -0.15) is 5.10 Å². The van der Waals surface area contributed by atoms with Gasteiger partial charge in [0.15, 0.2) is 12.3 Å². The maximum atomic E-state index is 13.2. The normalized spacial score (nSPS) is 14.5. The van der Waals surface area contributed by atoms with E-state index in [2.05, 4.69) is 15.7 Å². The second kappa shape index (κ2) is 12.3. The molecule has 1 aromatic heterocycles. The average molecular weight is 516 g/mol. The van der Waals surface area contributed by atoms with E-state index in [0.29, 0.717) is 31.9 Å². The van der Waals surface area contributed by atoms with Crippen molar-refractivity contribution in [3.05, 3.63) is 42.1 Å². The van der Waals surface area contributed by atoms with Gasteiger partial charge in [-0.05, 0) is 39.3 Å². The van der Waals surface area contributed by atoms with E-state index >= 15 is 0 Å². The number of carboxylic acid groups (broad SMARTS) is 1. The van der Waals surface area contributed by atoms with Crippen LogP contribution in [0.1, 0.15) is 44.1 Å². The number of amides is 2. The van der Waals surface area contributed by atoms with Crippen LogP contribution in [0.4, 0.5) is 0 Å². The van der Waals surface area contributed by atoms with Crippen LogP contribution in [0.3, 0.4) is 0 Å². The Kier molecular flexibility index (Phi) is 9.23. The largest absolute Gasteiger partial charge is 0.479 e. The van der Waals surface area contributed by atoms with Gasteiger partial charge in [0.1, 0.15) is 11.6 Å². The van der Waals surface area contributed by atoms with Crippen molar-refractivity contribution < 1.29 is 33.8 Å². The maximum Gasteiger partial charge on any atom is 0.341 e.